The SMILES string of the molecule is O=c1[nH]ncc(N/N=C/c2cccc(Oc3ccccc3)c2)c1Cl. The Bertz CT molecular complexity index is 910. The Morgan fingerprint density at radius 1 is 1.12 bits per heavy atom. The highest BCUT2D eigenvalue weighted by Gasteiger charge is 2.03. The molecule has 0 atom stereocenters. The van der Waals surface area contributed by atoms with Crippen molar-refractivity contribution in [2.75, 3.05) is 5.43 Å². The van der Waals surface area contributed by atoms with E-state index < -0.39 is 5.56 Å². The van der Waals surface area contributed by atoms with Crippen molar-refractivity contribution in [1.29, 1.82) is 0 Å². The van der Waals surface area contributed by atoms with Crippen molar-refractivity contribution in [1.82, 2.24) is 10.2 Å². The fourth-order valence-electron chi connectivity index (χ4n) is 1.92. The maximum Gasteiger partial charge on any atom is 0.285 e. The van der Waals surface area contributed by atoms with Crippen LogP contribution in [0.2, 0.25) is 5.02 Å². The number of para-hydroxylation sites is 1. The third-order valence-corrected chi connectivity index (χ3v) is 3.41. The lowest BCUT2D eigenvalue weighted by Crippen LogP contribution is -2.10. The number of nitrogens with zero attached hydrogens (tertiary/aromatic N) is 2. The van der Waals surface area contributed by atoms with Gasteiger partial charge >= 0.3 is 0 Å². The molecule has 0 aliphatic rings. The van der Waals surface area contributed by atoms with Crippen molar-refractivity contribution < 1.29 is 4.74 Å². The van der Waals surface area contributed by atoms with Crippen LogP contribution in [0.5, 0.6) is 11.5 Å². The summed E-state index contributed by atoms with van der Waals surface area (Å²) in [4.78, 5) is 11.3. The third kappa shape index (κ3) is 3.99. The molecular formula is C17H13ClN4O2. The van der Waals surface area contributed by atoms with Gasteiger partial charge in [0.2, 0.25) is 0 Å². The summed E-state index contributed by atoms with van der Waals surface area (Å²) in [6, 6.07) is 16.9. The topological polar surface area (TPSA) is 79.4 Å². The zero-order chi connectivity index (χ0) is 16.8. The molecule has 0 unspecified atom stereocenters. The minimum Gasteiger partial charge on any atom is -0.457 e. The number of benzene rings is 2. The molecule has 2 N–H and O–H groups in total. The van der Waals surface area contributed by atoms with Gasteiger partial charge in [-0.05, 0) is 29.8 Å². The molecule has 0 saturated carbocycles. The van der Waals surface area contributed by atoms with Gasteiger partial charge in [0.25, 0.3) is 5.56 Å². The van der Waals surface area contributed by atoms with Crippen LogP contribution in [0, 0.1) is 0 Å². The summed E-state index contributed by atoms with van der Waals surface area (Å²) in [7, 11) is 0. The number of rotatable bonds is 5. The zero-order valence-electron chi connectivity index (χ0n) is 12.4. The number of nitrogens with one attached hydrogen (secondary N) is 2. The van der Waals surface area contributed by atoms with Crippen molar-refractivity contribution in [3.05, 3.63) is 81.7 Å². The van der Waals surface area contributed by atoms with Crippen molar-refractivity contribution >= 4 is 23.5 Å². The van der Waals surface area contributed by atoms with Gasteiger partial charge in [-0.25, -0.2) is 5.10 Å². The van der Waals surface area contributed by atoms with Gasteiger partial charge in [0.05, 0.1) is 12.4 Å². The second-order valence-electron chi connectivity index (χ2n) is 4.78. The first-order chi connectivity index (χ1) is 11.7. The molecular weight excluding hydrogens is 328 g/mol. The molecule has 0 spiro atoms. The van der Waals surface area contributed by atoms with Crippen molar-refractivity contribution in [3.8, 4) is 11.5 Å². The van der Waals surface area contributed by atoms with Crippen LogP contribution in [0.25, 0.3) is 0 Å². The van der Waals surface area contributed by atoms with Gasteiger partial charge in [-0.1, -0.05) is 41.9 Å². The monoisotopic (exact) mass is 340 g/mol. The number of aromatic nitrogens is 2. The van der Waals surface area contributed by atoms with E-state index in [2.05, 4.69) is 20.7 Å². The Labute approximate surface area is 142 Å². The van der Waals surface area contributed by atoms with Crippen LogP contribution >= 0.6 is 11.6 Å². The molecule has 0 saturated heterocycles. The summed E-state index contributed by atoms with van der Waals surface area (Å²) in [5, 5.41) is 9.94. The van der Waals surface area contributed by atoms with E-state index in [4.69, 9.17) is 16.3 Å². The fraction of sp³-hybridized carbons (Fsp3) is 0. The minimum absolute atomic E-state index is 0.00307. The first-order valence-electron chi connectivity index (χ1n) is 7.07. The number of H-pyrrole nitrogens is 1. The lowest BCUT2D eigenvalue weighted by Gasteiger charge is -2.06. The Balaban J connectivity index is 1.70. The molecule has 0 amide bonds. The van der Waals surface area contributed by atoms with Crippen molar-refractivity contribution in [3.63, 3.8) is 0 Å². The van der Waals surface area contributed by atoms with E-state index in [0.29, 0.717) is 11.4 Å². The van der Waals surface area contributed by atoms with Crippen molar-refractivity contribution in [2.45, 2.75) is 0 Å². The lowest BCUT2D eigenvalue weighted by atomic mass is 10.2. The highest BCUT2D eigenvalue weighted by molar-refractivity contribution is 6.32. The molecule has 0 bridgehead atoms. The van der Waals surface area contributed by atoms with Crippen LogP contribution in [0.1, 0.15) is 5.56 Å². The summed E-state index contributed by atoms with van der Waals surface area (Å²) in [6.07, 6.45) is 2.98. The van der Waals surface area contributed by atoms with Crippen LogP contribution in [-0.2, 0) is 0 Å². The molecule has 1 aromatic heterocycles. The van der Waals surface area contributed by atoms with Gasteiger partial charge < -0.3 is 4.74 Å². The van der Waals surface area contributed by atoms with E-state index in [9.17, 15) is 4.79 Å². The molecule has 3 aromatic rings. The number of hydrogen-bond acceptors (Lipinski definition) is 5. The Morgan fingerprint density at radius 3 is 2.75 bits per heavy atom. The zero-order valence-corrected chi connectivity index (χ0v) is 13.2. The third-order valence-electron chi connectivity index (χ3n) is 3.03. The average molecular weight is 341 g/mol. The van der Waals surface area contributed by atoms with Crippen LogP contribution in [0.15, 0.2) is 70.7 Å². The summed E-state index contributed by atoms with van der Waals surface area (Å²) in [6.45, 7) is 0. The van der Waals surface area contributed by atoms with Gasteiger partial charge in [0, 0.05) is 0 Å². The van der Waals surface area contributed by atoms with Gasteiger partial charge in [-0.2, -0.15) is 10.2 Å². The lowest BCUT2D eigenvalue weighted by molar-refractivity contribution is 0.482. The number of halogens is 1. The summed E-state index contributed by atoms with van der Waals surface area (Å²) >= 11 is 5.85. The van der Waals surface area contributed by atoms with Crippen LogP contribution in [0.3, 0.4) is 0 Å². The van der Waals surface area contributed by atoms with Crippen molar-refractivity contribution in [2.24, 2.45) is 5.10 Å². The summed E-state index contributed by atoms with van der Waals surface area (Å²) < 4.78 is 5.76. The average Bonchev–Trinajstić information content (AvgIpc) is 2.60. The Morgan fingerprint density at radius 2 is 1.92 bits per heavy atom. The number of ether oxygens (including phenoxy) is 1. The highest BCUT2D eigenvalue weighted by atomic mass is 35.5. The maximum absolute atomic E-state index is 11.3. The van der Waals surface area contributed by atoms with Crippen LogP contribution in [0.4, 0.5) is 5.69 Å². The van der Waals surface area contributed by atoms with E-state index in [1.807, 2.05) is 54.6 Å². The largest absolute Gasteiger partial charge is 0.457 e. The summed E-state index contributed by atoms with van der Waals surface area (Å²) in [5.41, 5.74) is 3.36. The predicted molar refractivity (Wildman–Crippen MR) is 94.0 cm³/mol. The minimum atomic E-state index is -0.477. The molecule has 0 fully saturated rings. The number of aromatic amines is 1. The molecule has 0 aliphatic carbocycles. The summed E-state index contributed by atoms with van der Waals surface area (Å²) in [5.74, 6) is 1.45. The molecule has 1 heterocycles. The smallest absolute Gasteiger partial charge is 0.285 e. The Kier molecular flexibility index (Phi) is 4.88. The highest BCUT2D eigenvalue weighted by Crippen LogP contribution is 2.21. The molecule has 0 aliphatic heterocycles. The second-order valence-corrected chi connectivity index (χ2v) is 5.16. The predicted octanol–water partition coefficient (Wildman–Crippen LogP) is 3.66. The fourth-order valence-corrected chi connectivity index (χ4v) is 2.05. The van der Waals surface area contributed by atoms with E-state index >= 15 is 0 Å². The van der Waals surface area contributed by atoms with Gasteiger partial charge in [-0.15, -0.1) is 0 Å². The molecule has 3 rings (SSSR count). The molecule has 2 aromatic carbocycles. The van der Waals surface area contributed by atoms with Gasteiger partial charge in [0.15, 0.2) is 0 Å². The first-order valence-corrected chi connectivity index (χ1v) is 7.45. The van der Waals surface area contributed by atoms with E-state index in [1.165, 1.54) is 6.20 Å². The van der Waals surface area contributed by atoms with Crippen LogP contribution in [-0.4, -0.2) is 16.4 Å². The Hall–Kier alpha value is -3.12. The maximum atomic E-state index is 11.3. The standard InChI is InChI=1S/C17H13ClN4O2/c18-16-15(11-20-22-17(16)23)21-19-10-12-5-4-8-14(9-12)24-13-6-2-1-3-7-13/h1-11H,(H2,21,22,23)/b19-10+. The molecule has 7 heteroatoms. The first kappa shape index (κ1) is 15.8. The molecule has 120 valence electrons. The van der Waals surface area contributed by atoms with E-state index in [1.54, 1.807) is 6.21 Å². The number of anilines is 1. The molecule has 6 nitrogen and oxygen atoms in total. The molecule has 24 heavy (non-hydrogen) atoms. The molecule has 0 radical (unpaired) electrons. The number of hydrazone groups is 1. The van der Waals surface area contributed by atoms with Crippen LogP contribution < -0.4 is 15.7 Å². The van der Waals surface area contributed by atoms with Gasteiger partial charge in [-0.3, -0.25) is 10.2 Å². The normalized spacial score (nSPS) is 10.7. The second kappa shape index (κ2) is 7.43. The van der Waals surface area contributed by atoms with Gasteiger partial charge in [0.1, 0.15) is 22.2 Å². The van der Waals surface area contributed by atoms with E-state index in [0.717, 1.165) is 11.3 Å². The number of hydrogen-bond donors (Lipinski definition) is 2. The van der Waals surface area contributed by atoms with E-state index in [-0.39, 0.29) is 5.02 Å². The quantitative estimate of drug-likeness (QED) is 0.548.